The monoisotopic (exact) mass is 274 g/mol. The third kappa shape index (κ3) is 1.87. The minimum Gasteiger partial charge on any atom is -0.477 e. The topological polar surface area (TPSA) is 72.3 Å². The number of ether oxygens (including phenoxy) is 1. The molecule has 1 aromatic heterocycles. The fourth-order valence-corrected chi connectivity index (χ4v) is 4.92. The Morgan fingerprint density at radius 1 is 1.20 bits per heavy atom. The van der Waals surface area contributed by atoms with Crippen LogP contribution in [0.4, 0.5) is 0 Å². The maximum atomic E-state index is 11.3. The lowest BCUT2D eigenvalue weighted by Crippen LogP contribution is -2.54. The van der Waals surface area contributed by atoms with Crippen LogP contribution in [0.1, 0.15) is 48.9 Å². The number of hydrogen-bond donors (Lipinski definition) is 1. The van der Waals surface area contributed by atoms with E-state index in [0.29, 0.717) is 0 Å². The highest BCUT2D eigenvalue weighted by atomic mass is 16.5. The van der Waals surface area contributed by atoms with Crippen LogP contribution < -0.4 is 4.74 Å². The van der Waals surface area contributed by atoms with E-state index < -0.39 is 5.97 Å². The van der Waals surface area contributed by atoms with Gasteiger partial charge in [-0.15, -0.1) is 5.10 Å². The predicted molar refractivity (Wildman–Crippen MR) is 70.5 cm³/mol. The van der Waals surface area contributed by atoms with E-state index in [9.17, 15) is 9.90 Å². The Morgan fingerprint density at radius 3 is 2.35 bits per heavy atom. The average Bonchev–Trinajstić information content (AvgIpc) is 2.36. The number of carboxylic acid groups (broad SMARTS) is 1. The van der Waals surface area contributed by atoms with Crippen molar-refractivity contribution >= 4 is 5.97 Å². The van der Waals surface area contributed by atoms with Crippen LogP contribution in [-0.4, -0.2) is 26.9 Å². The van der Waals surface area contributed by atoms with Gasteiger partial charge in [0.05, 0.1) is 6.20 Å². The molecule has 5 rings (SSSR count). The van der Waals surface area contributed by atoms with E-state index in [1.165, 1.54) is 31.5 Å². The molecule has 0 spiro atoms. The number of hydrogen-bond acceptors (Lipinski definition) is 4. The van der Waals surface area contributed by atoms with Crippen LogP contribution >= 0.6 is 0 Å². The molecular weight excluding hydrogens is 256 g/mol. The molecular formula is C15H18N2O3. The van der Waals surface area contributed by atoms with Crippen molar-refractivity contribution in [2.24, 2.45) is 17.8 Å². The molecule has 1 heterocycles. The second-order valence-corrected chi connectivity index (χ2v) is 6.76. The van der Waals surface area contributed by atoms with Gasteiger partial charge in [-0.2, -0.15) is 5.10 Å². The quantitative estimate of drug-likeness (QED) is 0.917. The number of rotatable bonds is 3. The molecule has 4 saturated carbocycles. The summed E-state index contributed by atoms with van der Waals surface area (Å²) < 4.78 is 6.15. The second kappa shape index (κ2) is 4.17. The van der Waals surface area contributed by atoms with E-state index in [4.69, 9.17) is 4.74 Å². The van der Waals surface area contributed by atoms with Gasteiger partial charge in [0.15, 0.2) is 0 Å². The number of aromatic carboxylic acids is 1. The number of aromatic nitrogens is 2. The molecule has 0 aliphatic heterocycles. The minimum absolute atomic E-state index is 0.121. The lowest BCUT2D eigenvalue weighted by molar-refractivity contribution is -0.110. The van der Waals surface area contributed by atoms with E-state index in [0.717, 1.165) is 37.0 Å². The lowest BCUT2D eigenvalue weighted by Gasteiger charge is -2.55. The molecule has 0 aromatic carbocycles. The first-order valence-electron chi connectivity index (χ1n) is 7.37. The maximum absolute atomic E-state index is 11.3. The summed E-state index contributed by atoms with van der Waals surface area (Å²) in [5, 5.41) is 16.9. The SMILES string of the molecule is O=C(O)c1ccnnc1OC12CC3CC(CC(C3)C1)C2. The molecule has 1 aromatic rings. The molecule has 20 heavy (non-hydrogen) atoms. The molecule has 1 N–H and O–H groups in total. The van der Waals surface area contributed by atoms with Crippen molar-refractivity contribution < 1.29 is 14.6 Å². The highest BCUT2D eigenvalue weighted by molar-refractivity contribution is 5.89. The van der Waals surface area contributed by atoms with Crippen molar-refractivity contribution in [1.29, 1.82) is 0 Å². The average molecular weight is 274 g/mol. The Labute approximate surface area is 117 Å². The molecule has 4 fully saturated rings. The highest BCUT2D eigenvalue weighted by Gasteiger charge is 2.53. The summed E-state index contributed by atoms with van der Waals surface area (Å²) in [5.74, 6) is 1.46. The Kier molecular flexibility index (Phi) is 2.53. The summed E-state index contributed by atoms with van der Waals surface area (Å²) in [6, 6.07) is 1.46. The van der Waals surface area contributed by atoms with E-state index in [1.54, 1.807) is 0 Å². The van der Waals surface area contributed by atoms with Gasteiger partial charge in [0, 0.05) is 0 Å². The van der Waals surface area contributed by atoms with Gasteiger partial charge < -0.3 is 9.84 Å². The minimum atomic E-state index is -1.00. The van der Waals surface area contributed by atoms with E-state index >= 15 is 0 Å². The van der Waals surface area contributed by atoms with E-state index in [1.807, 2.05) is 0 Å². The van der Waals surface area contributed by atoms with Crippen molar-refractivity contribution in [3.8, 4) is 5.88 Å². The van der Waals surface area contributed by atoms with E-state index in [2.05, 4.69) is 10.2 Å². The molecule has 4 bridgehead atoms. The first-order valence-corrected chi connectivity index (χ1v) is 7.37. The summed E-state index contributed by atoms with van der Waals surface area (Å²) in [7, 11) is 0. The van der Waals surface area contributed by atoms with Crippen molar-refractivity contribution in [2.45, 2.75) is 44.1 Å². The normalized spacial score (nSPS) is 37.9. The molecule has 0 atom stereocenters. The van der Waals surface area contributed by atoms with Crippen LogP contribution in [0.15, 0.2) is 12.3 Å². The summed E-state index contributed by atoms with van der Waals surface area (Å²) >= 11 is 0. The zero-order valence-corrected chi connectivity index (χ0v) is 11.3. The Bertz CT molecular complexity index is 523. The maximum Gasteiger partial charge on any atom is 0.341 e. The Hall–Kier alpha value is -1.65. The number of nitrogens with zero attached hydrogens (tertiary/aromatic N) is 2. The van der Waals surface area contributed by atoms with Gasteiger partial charge in [0.2, 0.25) is 5.88 Å². The molecule has 0 saturated heterocycles. The Balaban J connectivity index is 1.64. The first-order chi connectivity index (χ1) is 9.63. The Morgan fingerprint density at radius 2 is 1.80 bits per heavy atom. The van der Waals surface area contributed by atoms with Gasteiger partial charge in [-0.1, -0.05) is 0 Å². The number of carbonyl (C=O) groups is 1. The van der Waals surface area contributed by atoms with E-state index in [-0.39, 0.29) is 17.0 Å². The molecule has 0 amide bonds. The third-order valence-corrected chi connectivity index (χ3v) is 5.21. The fourth-order valence-electron chi connectivity index (χ4n) is 4.92. The van der Waals surface area contributed by atoms with Crippen molar-refractivity contribution in [2.75, 3.05) is 0 Å². The molecule has 0 unspecified atom stereocenters. The zero-order chi connectivity index (χ0) is 13.7. The van der Waals surface area contributed by atoms with Gasteiger partial charge in [0.25, 0.3) is 0 Å². The van der Waals surface area contributed by atoms with Crippen LogP contribution in [0.2, 0.25) is 0 Å². The van der Waals surface area contributed by atoms with Crippen LogP contribution in [0, 0.1) is 17.8 Å². The smallest absolute Gasteiger partial charge is 0.341 e. The summed E-state index contributed by atoms with van der Waals surface area (Å²) in [6.07, 6.45) is 8.53. The van der Waals surface area contributed by atoms with Crippen LogP contribution in [0.3, 0.4) is 0 Å². The third-order valence-electron chi connectivity index (χ3n) is 5.21. The van der Waals surface area contributed by atoms with Crippen LogP contribution in [0.5, 0.6) is 5.88 Å². The van der Waals surface area contributed by atoms with Gasteiger partial charge in [-0.25, -0.2) is 4.79 Å². The second-order valence-electron chi connectivity index (χ2n) is 6.76. The largest absolute Gasteiger partial charge is 0.477 e. The lowest BCUT2D eigenvalue weighted by atomic mass is 9.54. The molecule has 5 heteroatoms. The molecule has 4 aliphatic rings. The molecule has 0 radical (unpaired) electrons. The van der Waals surface area contributed by atoms with Gasteiger partial charge in [-0.3, -0.25) is 0 Å². The highest BCUT2D eigenvalue weighted by Crippen LogP contribution is 2.57. The van der Waals surface area contributed by atoms with Crippen LogP contribution in [-0.2, 0) is 0 Å². The fraction of sp³-hybridized carbons (Fsp3) is 0.667. The standard InChI is InChI=1S/C15H18N2O3/c18-14(19)12-1-2-16-17-13(12)20-15-6-9-3-10(7-15)5-11(4-9)8-15/h1-2,9-11H,3-8H2,(H,18,19). The van der Waals surface area contributed by atoms with Crippen molar-refractivity contribution in [3.63, 3.8) is 0 Å². The molecule has 106 valence electrons. The summed E-state index contributed by atoms with van der Waals surface area (Å²) in [4.78, 5) is 11.3. The van der Waals surface area contributed by atoms with Gasteiger partial charge >= 0.3 is 5.97 Å². The summed E-state index contributed by atoms with van der Waals surface area (Å²) in [6.45, 7) is 0. The predicted octanol–water partition coefficient (Wildman–Crippen LogP) is 2.52. The van der Waals surface area contributed by atoms with Gasteiger partial charge in [0.1, 0.15) is 11.2 Å². The van der Waals surface area contributed by atoms with Crippen LogP contribution in [0.25, 0.3) is 0 Å². The zero-order valence-electron chi connectivity index (χ0n) is 11.3. The molecule has 4 aliphatic carbocycles. The molecule has 5 nitrogen and oxygen atoms in total. The first kappa shape index (κ1) is 12.1. The number of carboxylic acids is 1. The van der Waals surface area contributed by atoms with Crippen molar-refractivity contribution in [3.05, 3.63) is 17.8 Å². The van der Waals surface area contributed by atoms with Crippen molar-refractivity contribution in [1.82, 2.24) is 10.2 Å². The van der Waals surface area contributed by atoms with Gasteiger partial charge in [-0.05, 0) is 62.3 Å². The summed E-state index contributed by atoms with van der Waals surface area (Å²) in [5.41, 5.74) is -0.0645.